The lowest BCUT2D eigenvalue weighted by atomic mass is 9.98. The molecule has 3 nitrogen and oxygen atoms in total. The van der Waals surface area contributed by atoms with Gasteiger partial charge in [-0.2, -0.15) is 0 Å². The molecule has 94 valence electrons. The van der Waals surface area contributed by atoms with Gasteiger partial charge in [0.1, 0.15) is 11.6 Å². The average molecular weight is 242 g/mol. The van der Waals surface area contributed by atoms with E-state index in [1.165, 1.54) is 12.1 Å². The molecule has 2 unspecified atom stereocenters. The van der Waals surface area contributed by atoms with E-state index in [1.807, 2.05) is 11.9 Å². The van der Waals surface area contributed by atoms with Crippen molar-refractivity contribution in [3.8, 4) is 0 Å². The van der Waals surface area contributed by atoms with E-state index < -0.39 is 11.6 Å². The van der Waals surface area contributed by atoms with Crippen LogP contribution in [0.4, 0.5) is 8.78 Å². The number of hydrogen-bond acceptors (Lipinski definition) is 3. The molecule has 0 radical (unpaired) electrons. The molecule has 0 spiro atoms. The van der Waals surface area contributed by atoms with Crippen molar-refractivity contribution in [2.75, 3.05) is 26.7 Å². The predicted octanol–water partition coefficient (Wildman–Crippen LogP) is 1.30. The van der Waals surface area contributed by atoms with Crippen LogP contribution in [-0.2, 0) is 4.74 Å². The third-order valence-corrected chi connectivity index (χ3v) is 3.12. The second kappa shape index (κ2) is 5.08. The Balaban J connectivity index is 2.34. The molecule has 0 amide bonds. The smallest absolute Gasteiger partial charge is 0.131 e. The van der Waals surface area contributed by atoms with Crippen LogP contribution in [0.2, 0.25) is 0 Å². The molecule has 1 fully saturated rings. The van der Waals surface area contributed by atoms with Gasteiger partial charge in [-0.25, -0.2) is 8.78 Å². The summed E-state index contributed by atoms with van der Waals surface area (Å²) in [6.45, 7) is 1.60. The third-order valence-electron chi connectivity index (χ3n) is 3.12. The Bertz CT molecular complexity index is 400. The minimum absolute atomic E-state index is 0.255. The second-order valence-corrected chi connectivity index (χ2v) is 4.24. The number of nitrogens with zero attached hydrogens (tertiary/aromatic N) is 1. The summed E-state index contributed by atoms with van der Waals surface area (Å²) in [5, 5.41) is 0. The van der Waals surface area contributed by atoms with Crippen LogP contribution in [0, 0.1) is 11.6 Å². The van der Waals surface area contributed by atoms with Gasteiger partial charge in [-0.3, -0.25) is 4.90 Å². The molecular weight excluding hydrogens is 226 g/mol. The van der Waals surface area contributed by atoms with Gasteiger partial charge >= 0.3 is 0 Å². The molecule has 2 rings (SSSR count). The number of nitrogens with two attached hydrogens (primary N) is 1. The fourth-order valence-corrected chi connectivity index (χ4v) is 2.24. The van der Waals surface area contributed by atoms with Crippen LogP contribution in [0.15, 0.2) is 18.2 Å². The first-order valence-electron chi connectivity index (χ1n) is 5.60. The number of halogens is 2. The molecule has 5 heteroatoms. The molecule has 1 aliphatic rings. The van der Waals surface area contributed by atoms with E-state index in [0.29, 0.717) is 25.3 Å². The van der Waals surface area contributed by atoms with E-state index in [1.54, 1.807) is 0 Å². The summed E-state index contributed by atoms with van der Waals surface area (Å²) in [7, 11) is 1.89. The number of rotatable bonds is 2. The average Bonchev–Trinajstić information content (AvgIpc) is 2.30. The van der Waals surface area contributed by atoms with Gasteiger partial charge < -0.3 is 10.5 Å². The SMILES string of the molecule is CN1CCOC(CN)C1c1ccc(F)cc1F. The van der Waals surface area contributed by atoms with Crippen molar-refractivity contribution in [3.63, 3.8) is 0 Å². The standard InChI is InChI=1S/C12H16F2N2O/c1-16-4-5-17-11(7-15)12(16)9-3-2-8(13)6-10(9)14/h2-3,6,11-12H,4-5,7,15H2,1H3. The number of morpholine rings is 1. The molecule has 0 aromatic heterocycles. The van der Waals surface area contributed by atoms with E-state index in [-0.39, 0.29) is 12.1 Å². The summed E-state index contributed by atoms with van der Waals surface area (Å²) >= 11 is 0. The molecule has 2 atom stereocenters. The van der Waals surface area contributed by atoms with Crippen LogP contribution in [0.3, 0.4) is 0 Å². The highest BCUT2D eigenvalue weighted by atomic mass is 19.1. The first-order valence-corrected chi connectivity index (χ1v) is 5.60. The topological polar surface area (TPSA) is 38.5 Å². The molecule has 0 bridgehead atoms. The Morgan fingerprint density at radius 1 is 1.47 bits per heavy atom. The summed E-state index contributed by atoms with van der Waals surface area (Å²) in [5.74, 6) is -1.12. The van der Waals surface area contributed by atoms with Crippen LogP contribution < -0.4 is 5.73 Å². The summed E-state index contributed by atoms with van der Waals surface area (Å²) < 4.78 is 32.2. The van der Waals surface area contributed by atoms with Crippen molar-refractivity contribution in [1.82, 2.24) is 4.90 Å². The fraction of sp³-hybridized carbons (Fsp3) is 0.500. The van der Waals surface area contributed by atoms with E-state index in [9.17, 15) is 8.78 Å². The van der Waals surface area contributed by atoms with Gasteiger partial charge in [0.15, 0.2) is 0 Å². The highest BCUT2D eigenvalue weighted by Crippen LogP contribution is 2.29. The summed E-state index contributed by atoms with van der Waals surface area (Å²) in [6.07, 6.45) is -0.256. The zero-order valence-corrected chi connectivity index (χ0v) is 9.70. The van der Waals surface area contributed by atoms with Crippen molar-refractivity contribution < 1.29 is 13.5 Å². The van der Waals surface area contributed by atoms with E-state index in [0.717, 1.165) is 6.07 Å². The molecule has 17 heavy (non-hydrogen) atoms. The quantitative estimate of drug-likeness (QED) is 0.849. The fourth-order valence-electron chi connectivity index (χ4n) is 2.24. The Labute approximate surface area is 99.2 Å². The lowest BCUT2D eigenvalue weighted by Gasteiger charge is -2.39. The molecule has 1 saturated heterocycles. The number of likely N-dealkylation sites (N-methyl/N-ethyl adjacent to an activating group) is 1. The first kappa shape index (κ1) is 12.4. The molecule has 1 aromatic carbocycles. The maximum absolute atomic E-state index is 13.8. The van der Waals surface area contributed by atoms with E-state index in [2.05, 4.69) is 0 Å². The van der Waals surface area contributed by atoms with E-state index >= 15 is 0 Å². The molecule has 0 aliphatic carbocycles. The Hall–Kier alpha value is -1.04. The predicted molar refractivity (Wildman–Crippen MR) is 60.5 cm³/mol. The van der Waals surface area contributed by atoms with Gasteiger partial charge in [0.05, 0.1) is 18.8 Å². The molecular formula is C12H16F2N2O. The maximum Gasteiger partial charge on any atom is 0.131 e. The van der Waals surface area contributed by atoms with Crippen molar-refractivity contribution in [3.05, 3.63) is 35.4 Å². The van der Waals surface area contributed by atoms with Crippen LogP contribution in [-0.4, -0.2) is 37.7 Å². The Morgan fingerprint density at radius 2 is 2.24 bits per heavy atom. The van der Waals surface area contributed by atoms with Crippen molar-refractivity contribution in [2.45, 2.75) is 12.1 Å². The minimum Gasteiger partial charge on any atom is -0.374 e. The maximum atomic E-state index is 13.8. The first-order chi connectivity index (χ1) is 8.13. The number of ether oxygens (including phenoxy) is 1. The lowest BCUT2D eigenvalue weighted by Crippen LogP contribution is -2.46. The third kappa shape index (κ3) is 2.46. The Morgan fingerprint density at radius 3 is 2.88 bits per heavy atom. The Kier molecular flexibility index (Phi) is 3.71. The van der Waals surface area contributed by atoms with E-state index in [4.69, 9.17) is 10.5 Å². The highest BCUT2D eigenvalue weighted by Gasteiger charge is 2.32. The number of benzene rings is 1. The number of hydrogen-bond donors (Lipinski definition) is 1. The molecule has 2 N–H and O–H groups in total. The molecule has 0 saturated carbocycles. The largest absolute Gasteiger partial charge is 0.374 e. The molecule has 1 heterocycles. The van der Waals surface area contributed by atoms with Crippen LogP contribution in [0.25, 0.3) is 0 Å². The summed E-state index contributed by atoms with van der Waals surface area (Å²) in [4.78, 5) is 1.98. The van der Waals surface area contributed by atoms with Gasteiger partial charge in [0.2, 0.25) is 0 Å². The minimum atomic E-state index is -0.574. The molecule has 1 aliphatic heterocycles. The van der Waals surface area contributed by atoms with Crippen LogP contribution in [0.1, 0.15) is 11.6 Å². The van der Waals surface area contributed by atoms with Crippen molar-refractivity contribution in [1.29, 1.82) is 0 Å². The van der Waals surface area contributed by atoms with Gasteiger partial charge in [-0.15, -0.1) is 0 Å². The van der Waals surface area contributed by atoms with Crippen LogP contribution >= 0.6 is 0 Å². The normalized spacial score (nSPS) is 26.1. The van der Waals surface area contributed by atoms with Crippen LogP contribution in [0.5, 0.6) is 0 Å². The monoisotopic (exact) mass is 242 g/mol. The zero-order valence-electron chi connectivity index (χ0n) is 9.70. The van der Waals surface area contributed by atoms with Crippen molar-refractivity contribution >= 4 is 0 Å². The van der Waals surface area contributed by atoms with Gasteiger partial charge in [-0.1, -0.05) is 6.07 Å². The van der Waals surface area contributed by atoms with Gasteiger partial charge in [0.25, 0.3) is 0 Å². The summed E-state index contributed by atoms with van der Waals surface area (Å²) in [5.41, 5.74) is 6.06. The lowest BCUT2D eigenvalue weighted by molar-refractivity contribution is -0.0587. The zero-order chi connectivity index (χ0) is 12.4. The highest BCUT2D eigenvalue weighted by molar-refractivity contribution is 5.24. The second-order valence-electron chi connectivity index (χ2n) is 4.24. The van der Waals surface area contributed by atoms with Gasteiger partial charge in [0, 0.05) is 24.7 Å². The summed E-state index contributed by atoms with van der Waals surface area (Å²) in [6, 6.07) is 3.36. The van der Waals surface area contributed by atoms with Gasteiger partial charge in [-0.05, 0) is 13.1 Å². The van der Waals surface area contributed by atoms with Crippen molar-refractivity contribution in [2.24, 2.45) is 5.73 Å². The molecule has 1 aromatic rings.